The highest BCUT2D eigenvalue weighted by Gasteiger charge is 2.16. The summed E-state index contributed by atoms with van der Waals surface area (Å²) in [6.07, 6.45) is 2.81. The Hall–Kier alpha value is -2.67. The third-order valence-corrected chi connectivity index (χ3v) is 4.85. The minimum atomic E-state index is -0.640. The zero-order valence-corrected chi connectivity index (χ0v) is 16.7. The molecule has 0 N–H and O–H groups in total. The second-order valence-corrected chi connectivity index (χ2v) is 7.00. The van der Waals surface area contributed by atoms with E-state index in [1.54, 1.807) is 31.2 Å². The van der Waals surface area contributed by atoms with Crippen molar-refractivity contribution in [3.8, 4) is 5.69 Å². The number of hydrogen-bond acceptors (Lipinski definition) is 4. The maximum absolute atomic E-state index is 12.4. The van der Waals surface area contributed by atoms with E-state index in [2.05, 4.69) is 5.10 Å². The van der Waals surface area contributed by atoms with E-state index in [-0.39, 0.29) is 16.3 Å². The number of allylic oxidation sites excluding steroid dienone is 1. The molecule has 0 radical (unpaired) electrons. The van der Waals surface area contributed by atoms with Crippen molar-refractivity contribution in [2.75, 3.05) is 0 Å². The van der Waals surface area contributed by atoms with Crippen LogP contribution in [0, 0.1) is 17.0 Å². The van der Waals surface area contributed by atoms with Gasteiger partial charge in [-0.2, -0.15) is 5.10 Å². The van der Waals surface area contributed by atoms with Crippen LogP contribution in [-0.2, 0) is 0 Å². The Labute approximate surface area is 175 Å². The number of nitrogens with zero attached hydrogens (tertiary/aromatic N) is 3. The predicted octanol–water partition coefficient (Wildman–Crippen LogP) is 5.95. The zero-order valence-electron chi connectivity index (χ0n) is 14.4. The van der Waals surface area contributed by atoms with Gasteiger partial charge in [0, 0.05) is 22.2 Å². The molecule has 0 spiro atoms. The Morgan fingerprint density at radius 2 is 1.93 bits per heavy atom. The molecular formula is C19H12Cl3N3O3. The van der Waals surface area contributed by atoms with Crippen LogP contribution in [0.2, 0.25) is 15.2 Å². The number of halogens is 3. The molecule has 9 heteroatoms. The van der Waals surface area contributed by atoms with Gasteiger partial charge in [-0.25, -0.2) is 4.68 Å². The summed E-state index contributed by atoms with van der Waals surface area (Å²) in [6, 6.07) is 10.9. The Kier molecular flexibility index (Phi) is 5.84. The average molecular weight is 437 g/mol. The number of rotatable bonds is 5. The summed E-state index contributed by atoms with van der Waals surface area (Å²) < 4.78 is 1.51. The van der Waals surface area contributed by atoms with Crippen LogP contribution in [0.5, 0.6) is 0 Å². The van der Waals surface area contributed by atoms with Crippen LogP contribution in [0.4, 0.5) is 5.69 Å². The molecule has 28 heavy (non-hydrogen) atoms. The molecule has 3 rings (SSSR count). The van der Waals surface area contributed by atoms with Gasteiger partial charge in [-0.15, -0.1) is 0 Å². The van der Waals surface area contributed by atoms with Gasteiger partial charge < -0.3 is 0 Å². The summed E-state index contributed by atoms with van der Waals surface area (Å²) in [4.78, 5) is 22.7. The van der Waals surface area contributed by atoms with Crippen LogP contribution >= 0.6 is 34.8 Å². The molecule has 142 valence electrons. The highest BCUT2D eigenvalue weighted by molar-refractivity contribution is 6.33. The van der Waals surface area contributed by atoms with Crippen LogP contribution < -0.4 is 0 Å². The van der Waals surface area contributed by atoms with E-state index in [0.29, 0.717) is 27.1 Å². The van der Waals surface area contributed by atoms with E-state index in [1.807, 2.05) is 0 Å². The van der Waals surface area contributed by atoms with Crippen LogP contribution in [0.15, 0.2) is 48.5 Å². The SMILES string of the molecule is Cc1nn(-c2cccc(Cl)c2)c(Cl)c1C=CC(=O)c1ccc(Cl)c([N+](=O)[O-])c1. The van der Waals surface area contributed by atoms with E-state index >= 15 is 0 Å². The molecule has 0 amide bonds. The molecule has 0 saturated carbocycles. The van der Waals surface area contributed by atoms with E-state index < -0.39 is 10.7 Å². The number of nitro groups is 1. The van der Waals surface area contributed by atoms with E-state index in [1.165, 1.54) is 29.0 Å². The van der Waals surface area contributed by atoms with Gasteiger partial charge in [0.1, 0.15) is 10.2 Å². The summed E-state index contributed by atoms with van der Waals surface area (Å²) in [5.74, 6) is -0.425. The van der Waals surface area contributed by atoms with Gasteiger partial charge >= 0.3 is 0 Å². The number of benzene rings is 2. The number of carbonyl (C=O) groups is 1. The quantitative estimate of drug-likeness (QED) is 0.214. The summed E-state index contributed by atoms with van der Waals surface area (Å²) in [5.41, 5.74) is 1.65. The molecule has 1 heterocycles. The fourth-order valence-electron chi connectivity index (χ4n) is 2.54. The molecule has 6 nitrogen and oxygen atoms in total. The highest BCUT2D eigenvalue weighted by Crippen LogP contribution is 2.27. The average Bonchev–Trinajstić information content (AvgIpc) is 2.94. The largest absolute Gasteiger partial charge is 0.289 e. The lowest BCUT2D eigenvalue weighted by molar-refractivity contribution is -0.384. The lowest BCUT2D eigenvalue weighted by Crippen LogP contribution is -1.97. The second kappa shape index (κ2) is 8.14. The highest BCUT2D eigenvalue weighted by atomic mass is 35.5. The predicted molar refractivity (Wildman–Crippen MR) is 110 cm³/mol. The molecule has 1 aromatic heterocycles. The van der Waals surface area contributed by atoms with E-state index in [0.717, 1.165) is 6.07 Å². The Bertz CT molecular complexity index is 1120. The second-order valence-electron chi connectivity index (χ2n) is 5.80. The monoisotopic (exact) mass is 435 g/mol. The molecule has 0 aliphatic carbocycles. The van der Waals surface area contributed by atoms with Gasteiger partial charge in [-0.05, 0) is 49.4 Å². The summed E-state index contributed by atoms with van der Waals surface area (Å²) in [5, 5.41) is 16.2. The van der Waals surface area contributed by atoms with Crippen LogP contribution in [0.1, 0.15) is 21.6 Å². The maximum atomic E-state index is 12.4. The van der Waals surface area contributed by atoms with Crippen molar-refractivity contribution in [1.29, 1.82) is 0 Å². The van der Waals surface area contributed by atoms with Crippen molar-refractivity contribution in [3.05, 3.63) is 90.7 Å². The smallest absolute Gasteiger partial charge is 0.288 e. The topological polar surface area (TPSA) is 78.0 Å². The molecule has 0 aliphatic heterocycles. The number of hydrogen-bond donors (Lipinski definition) is 0. The van der Waals surface area contributed by atoms with Crippen molar-refractivity contribution < 1.29 is 9.72 Å². The van der Waals surface area contributed by atoms with Crippen molar-refractivity contribution in [3.63, 3.8) is 0 Å². The maximum Gasteiger partial charge on any atom is 0.288 e. The number of aryl methyl sites for hydroxylation is 1. The van der Waals surface area contributed by atoms with Crippen LogP contribution in [-0.4, -0.2) is 20.5 Å². The van der Waals surface area contributed by atoms with Gasteiger partial charge in [0.15, 0.2) is 5.78 Å². The summed E-state index contributed by atoms with van der Waals surface area (Å²) >= 11 is 18.2. The lowest BCUT2D eigenvalue weighted by Gasteiger charge is -2.03. The standard InChI is InChI=1S/C19H12Cl3N3O3/c1-11-15(19(22)24(23-11)14-4-2-3-13(20)10-14)6-8-18(26)12-5-7-16(21)17(9-12)25(27)28/h2-10H,1H3. The Morgan fingerprint density at radius 1 is 1.18 bits per heavy atom. The first-order valence-electron chi connectivity index (χ1n) is 7.95. The Morgan fingerprint density at radius 3 is 2.61 bits per heavy atom. The molecule has 0 aliphatic rings. The first kappa shape index (κ1) is 20.1. The minimum absolute atomic E-state index is 0.0350. The van der Waals surface area contributed by atoms with Crippen molar-refractivity contribution in [2.45, 2.75) is 6.92 Å². The number of aromatic nitrogens is 2. The van der Waals surface area contributed by atoms with Crippen LogP contribution in [0.3, 0.4) is 0 Å². The molecule has 3 aromatic rings. The van der Waals surface area contributed by atoms with E-state index in [4.69, 9.17) is 34.8 Å². The third-order valence-electron chi connectivity index (χ3n) is 3.93. The summed E-state index contributed by atoms with van der Waals surface area (Å²) in [6.45, 7) is 1.75. The lowest BCUT2D eigenvalue weighted by atomic mass is 10.1. The van der Waals surface area contributed by atoms with Crippen molar-refractivity contribution in [1.82, 2.24) is 9.78 Å². The first-order valence-corrected chi connectivity index (χ1v) is 9.08. The molecule has 0 fully saturated rings. The number of carbonyl (C=O) groups excluding carboxylic acids is 1. The van der Waals surface area contributed by atoms with Crippen molar-refractivity contribution in [2.24, 2.45) is 0 Å². The van der Waals surface area contributed by atoms with Gasteiger partial charge in [0.25, 0.3) is 5.69 Å². The van der Waals surface area contributed by atoms with Gasteiger partial charge in [-0.1, -0.05) is 40.9 Å². The molecule has 0 saturated heterocycles. The van der Waals surface area contributed by atoms with Gasteiger partial charge in [0.2, 0.25) is 0 Å². The van der Waals surface area contributed by atoms with E-state index in [9.17, 15) is 14.9 Å². The Balaban J connectivity index is 1.92. The fraction of sp³-hybridized carbons (Fsp3) is 0.0526. The first-order chi connectivity index (χ1) is 13.3. The van der Waals surface area contributed by atoms with Crippen molar-refractivity contribution >= 4 is 52.3 Å². The van der Waals surface area contributed by atoms with Crippen LogP contribution in [0.25, 0.3) is 11.8 Å². The molecule has 0 unspecified atom stereocenters. The van der Waals surface area contributed by atoms with Gasteiger partial charge in [-0.3, -0.25) is 14.9 Å². The molecule has 2 aromatic carbocycles. The fourth-order valence-corrected chi connectivity index (χ4v) is 3.25. The summed E-state index contributed by atoms with van der Waals surface area (Å²) in [7, 11) is 0. The minimum Gasteiger partial charge on any atom is -0.289 e. The third kappa shape index (κ3) is 4.09. The molecular weight excluding hydrogens is 425 g/mol. The zero-order chi connectivity index (χ0) is 20.4. The molecule has 0 bridgehead atoms. The number of nitro benzene ring substituents is 1. The normalized spacial score (nSPS) is 11.1. The number of ketones is 1. The van der Waals surface area contributed by atoms with Gasteiger partial charge in [0.05, 0.1) is 16.3 Å². The molecule has 0 atom stereocenters.